The van der Waals surface area contributed by atoms with Gasteiger partial charge >= 0.3 is 0 Å². The first-order chi connectivity index (χ1) is 5.29. The van der Waals surface area contributed by atoms with Gasteiger partial charge in [0.25, 0.3) is 0 Å². The highest BCUT2D eigenvalue weighted by Gasteiger charge is 2.04. The summed E-state index contributed by atoms with van der Waals surface area (Å²) in [5.74, 6) is 0.412. The van der Waals surface area contributed by atoms with E-state index in [9.17, 15) is 9.59 Å². The van der Waals surface area contributed by atoms with Crippen molar-refractivity contribution in [1.29, 1.82) is 0 Å². The molecule has 11 heavy (non-hydrogen) atoms. The predicted molar refractivity (Wildman–Crippen MR) is 38.3 cm³/mol. The summed E-state index contributed by atoms with van der Waals surface area (Å²) < 4.78 is 1.41. The minimum Gasteiger partial charge on any atom is -0.313 e. The van der Waals surface area contributed by atoms with Gasteiger partial charge in [-0.1, -0.05) is 0 Å². The second-order valence-corrected chi connectivity index (χ2v) is 1.95. The van der Waals surface area contributed by atoms with Crippen LogP contribution in [0.5, 0.6) is 0 Å². The van der Waals surface area contributed by atoms with Crippen molar-refractivity contribution in [2.75, 3.05) is 5.32 Å². The fraction of sp³-hybridized carbons (Fsp3) is 0.167. The maximum Gasteiger partial charge on any atom is 0.212 e. The Labute approximate surface area is 63.0 Å². The predicted octanol–water partition coefficient (Wildman–Crippen LogP) is -0.199. The van der Waals surface area contributed by atoms with Crippen molar-refractivity contribution >= 4 is 18.5 Å². The average molecular weight is 153 g/mol. The Morgan fingerprint density at radius 2 is 2.36 bits per heavy atom. The van der Waals surface area contributed by atoms with Crippen LogP contribution in [0.3, 0.4) is 0 Å². The Balaban J connectivity index is 3.06. The molecular formula is C6H7N3O2. The second kappa shape index (κ2) is 2.96. The number of nitrogens with zero attached hydrogens (tertiary/aromatic N) is 2. The molecule has 1 aromatic rings. The summed E-state index contributed by atoms with van der Waals surface area (Å²) in [5, 5.41) is 6.13. The van der Waals surface area contributed by atoms with Crippen LogP contribution in [0.1, 0.15) is 10.4 Å². The number of hydrogen-bond acceptors (Lipinski definition) is 3. The van der Waals surface area contributed by atoms with E-state index in [1.54, 1.807) is 7.05 Å². The molecule has 1 amide bonds. The minimum absolute atomic E-state index is 0.375. The molecule has 1 aromatic heterocycles. The smallest absolute Gasteiger partial charge is 0.212 e. The lowest BCUT2D eigenvalue weighted by Gasteiger charge is -1.97. The van der Waals surface area contributed by atoms with E-state index >= 15 is 0 Å². The molecule has 1 rings (SSSR count). The Morgan fingerprint density at radius 1 is 1.64 bits per heavy atom. The number of rotatable bonds is 3. The minimum atomic E-state index is 0.375. The number of aryl methyl sites for hydroxylation is 1. The average Bonchev–Trinajstić information content (AvgIpc) is 2.34. The highest BCUT2D eigenvalue weighted by atomic mass is 16.1. The molecule has 0 unspecified atom stereocenters. The monoisotopic (exact) mass is 153 g/mol. The van der Waals surface area contributed by atoms with Gasteiger partial charge in [0.1, 0.15) is 5.82 Å². The van der Waals surface area contributed by atoms with Crippen LogP contribution >= 0.6 is 0 Å². The van der Waals surface area contributed by atoms with E-state index in [4.69, 9.17) is 0 Å². The van der Waals surface area contributed by atoms with E-state index in [-0.39, 0.29) is 0 Å². The Morgan fingerprint density at radius 3 is 2.91 bits per heavy atom. The third-order valence-electron chi connectivity index (χ3n) is 1.29. The number of anilines is 1. The Hall–Kier alpha value is -1.65. The number of carbonyl (C=O) groups excluding carboxylic acids is 2. The quantitative estimate of drug-likeness (QED) is 0.611. The molecule has 0 fully saturated rings. The first-order valence-electron chi connectivity index (χ1n) is 2.97. The standard InChI is InChI=1S/C6H7N3O2/c1-9-6(7-4-11)5(3-10)2-8-9/h2-4H,1H3,(H,7,11). The van der Waals surface area contributed by atoms with Crippen molar-refractivity contribution in [3.05, 3.63) is 11.8 Å². The maximum atomic E-state index is 10.3. The summed E-state index contributed by atoms with van der Waals surface area (Å²) in [6, 6.07) is 0. The largest absolute Gasteiger partial charge is 0.313 e. The molecule has 0 saturated carbocycles. The highest BCUT2D eigenvalue weighted by molar-refractivity contribution is 5.86. The van der Waals surface area contributed by atoms with Gasteiger partial charge < -0.3 is 5.32 Å². The van der Waals surface area contributed by atoms with E-state index in [1.807, 2.05) is 0 Å². The van der Waals surface area contributed by atoms with Crippen LogP contribution in [-0.2, 0) is 11.8 Å². The number of amides is 1. The fourth-order valence-corrected chi connectivity index (χ4v) is 0.773. The van der Waals surface area contributed by atoms with Crippen LogP contribution in [0.2, 0.25) is 0 Å². The number of aldehydes is 1. The molecule has 0 bridgehead atoms. The highest BCUT2D eigenvalue weighted by Crippen LogP contribution is 2.09. The van der Waals surface area contributed by atoms with Gasteiger partial charge in [0.05, 0.1) is 11.8 Å². The summed E-state index contributed by atoms with van der Waals surface area (Å²) in [6.07, 6.45) is 2.53. The third-order valence-corrected chi connectivity index (χ3v) is 1.29. The summed E-state index contributed by atoms with van der Waals surface area (Å²) in [4.78, 5) is 20.3. The molecule has 0 atom stereocenters. The summed E-state index contributed by atoms with van der Waals surface area (Å²) in [6.45, 7) is 0. The van der Waals surface area contributed by atoms with Crippen molar-refractivity contribution in [1.82, 2.24) is 9.78 Å². The summed E-state index contributed by atoms with van der Waals surface area (Å²) >= 11 is 0. The Kier molecular flexibility index (Phi) is 2.00. The van der Waals surface area contributed by atoms with Crippen LogP contribution in [0, 0.1) is 0 Å². The Bertz CT molecular complexity index is 279. The zero-order valence-corrected chi connectivity index (χ0v) is 5.94. The van der Waals surface area contributed by atoms with Crippen molar-refractivity contribution < 1.29 is 9.59 Å². The molecule has 5 heteroatoms. The molecule has 0 radical (unpaired) electrons. The number of hydrogen-bond donors (Lipinski definition) is 1. The van der Waals surface area contributed by atoms with Crippen molar-refractivity contribution in [2.45, 2.75) is 0 Å². The van der Waals surface area contributed by atoms with Crippen LogP contribution in [-0.4, -0.2) is 22.5 Å². The van der Waals surface area contributed by atoms with Crippen LogP contribution in [0.15, 0.2) is 6.20 Å². The molecule has 1 N–H and O–H groups in total. The van der Waals surface area contributed by atoms with Crippen LogP contribution in [0.25, 0.3) is 0 Å². The number of carbonyl (C=O) groups is 2. The lowest BCUT2D eigenvalue weighted by molar-refractivity contribution is -0.105. The summed E-state index contributed by atoms with van der Waals surface area (Å²) in [5.41, 5.74) is 0.375. The van der Waals surface area contributed by atoms with Gasteiger partial charge in [0, 0.05) is 7.05 Å². The lowest BCUT2D eigenvalue weighted by Crippen LogP contribution is -2.03. The molecule has 0 spiro atoms. The molecule has 1 heterocycles. The third kappa shape index (κ3) is 1.26. The van der Waals surface area contributed by atoms with E-state index in [0.29, 0.717) is 24.1 Å². The summed E-state index contributed by atoms with van der Waals surface area (Å²) in [7, 11) is 1.64. The first-order valence-corrected chi connectivity index (χ1v) is 2.97. The number of aromatic nitrogens is 2. The molecule has 0 aliphatic carbocycles. The van der Waals surface area contributed by atoms with E-state index in [0.717, 1.165) is 0 Å². The molecule has 5 nitrogen and oxygen atoms in total. The van der Waals surface area contributed by atoms with Gasteiger partial charge in [-0.2, -0.15) is 5.10 Å². The fourth-order valence-electron chi connectivity index (χ4n) is 0.773. The van der Waals surface area contributed by atoms with E-state index in [2.05, 4.69) is 10.4 Å². The van der Waals surface area contributed by atoms with Crippen molar-refractivity contribution in [2.24, 2.45) is 7.05 Å². The SMILES string of the molecule is Cn1ncc(C=O)c1NC=O. The number of nitrogens with one attached hydrogen (secondary N) is 1. The van der Waals surface area contributed by atoms with Gasteiger partial charge in [0.2, 0.25) is 6.41 Å². The normalized spacial score (nSPS) is 9.18. The van der Waals surface area contributed by atoms with Gasteiger partial charge in [-0.25, -0.2) is 0 Å². The van der Waals surface area contributed by atoms with E-state index in [1.165, 1.54) is 10.9 Å². The van der Waals surface area contributed by atoms with Gasteiger partial charge in [-0.15, -0.1) is 0 Å². The van der Waals surface area contributed by atoms with E-state index < -0.39 is 0 Å². The zero-order valence-electron chi connectivity index (χ0n) is 5.94. The van der Waals surface area contributed by atoms with Crippen LogP contribution in [0.4, 0.5) is 5.82 Å². The van der Waals surface area contributed by atoms with Crippen molar-refractivity contribution in [3.63, 3.8) is 0 Å². The molecule has 58 valence electrons. The molecular weight excluding hydrogens is 146 g/mol. The van der Waals surface area contributed by atoms with Gasteiger partial charge in [0.15, 0.2) is 6.29 Å². The second-order valence-electron chi connectivity index (χ2n) is 1.95. The maximum absolute atomic E-state index is 10.3. The molecule has 0 saturated heterocycles. The molecule has 0 aliphatic rings. The lowest BCUT2D eigenvalue weighted by atomic mass is 10.4. The van der Waals surface area contributed by atoms with Crippen molar-refractivity contribution in [3.8, 4) is 0 Å². The zero-order chi connectivity index (χ0) is 8.27. The van der Waals surface area contributed by atoms with Gasteiger partial charge in [-0.05, 0) is 0 Å². The topological polar surface area (TPSA) is 64.0 Å². The molecule has 0 aliphatic heterocycles. The van der Waals surface area contributed by atoms with Gasteiger partial charge in [-0.3, -0.25) is 14.3 Å². The first kappa shape index (κ1) is 7.46. The van der Waals surface area contributed by atoms with Crippen LogP contribution < -0.4 is 5.32 Å². The molecule has 0 aromatic carbocycles.